The number of nitrogens with two attached hydrogens (primary N) is 1. The Kier molecular flexibility index (Phi) is 10.7. The summed E-state index contributed by atoms with van der Waals surface area (Å²) in [6.45, 7) is 7.45. The Morgan fingerprint density at radius 2 is 1.71 bits per heavy atom. The van der Waals surface area contributed by atoms with Gasteiger partial charge in [-0.2, -0.15) is 0 Å². The number of hydrogen-bond acceptors (Lipinski definition) is 7. The third-order valence-corrected chi connectivity index (χ3v) is 4.22. The van der Waals surface area contributed by atoms with Crippen molar-refractivity contribution in [1.82, 2.24) is 4.98 Å². The zero-order valence-electron chi connectivity index (χ0n) is 18.6. The average molecular weight is 431 g/mol. The van der Waals surface area contributed by atoms with E-state index in [0.717, 1.165) is 6.42 Å². The van der Waals surface area contributed by atoms with Gasteiger partial charge in [-0.3, -0.25) is 14.4 Å². The van der Waals surface area contributed by atoms with Crippen molar-refractivity contribution in [2.45, 2.75) is 53.1 Å². The maximum absolute atomic E-state index is 11.2. The Balaban J connectivity index is 0.000000311. The monoisotopic (exact) mass is 430 g/mol. The molecule has 0 aliphatic rings. The van der Waals surface area contributed by atoms with E-state index in [1.54, 1.807) is 6.92 Å². The molecule has 1 atom stereocenters. The lowest BCUT2D eigenvalue weighted by atomic mass is 10.0. The normalized spacial score (nSPS) is 10.9. The van der Waals surface area contributed by atoms with Crippen LogP contribution in [-0.2, 0) is 20.7 Å². The van der Waals surface area contributed by atoms with E-state index < -0.39 is 11.9 Å². The van der Waals surface area contributed by atoms with E-state index in [2.05, 4.69) is 24.0 Å². The first kappa shape index (κ1) is 25.6. The van der Waals surface area contributed by atoms with E-state index in [-0.39, 0.29) is 35.7 Å². The number of aryl methyl sites for hydroxylation is 1. The van der Waals surface area contributed by atoms with Gasteiger partial charge >= 0.3 is 11.9 Å². The number of pyridine rings is 1. The van der Waals surface area contributed by atoms with Crippen molar-refractivity contribution < 1.29 is 28.6 Å². The van der Waals surface area contributed by atoms with Gasteiger partial charge in [0.2, 0.25) is 5.75 Å². The number of esters is 2. The Morgan fingerprint density at radius 1 is 1.06 bits per heavy atom. The highest BCUT2D eigenvalue weighted by Gasteiger charge is 2.18. The molecule has 0 radical (unpaired) electrons. The molecule has 1 amide bonds. The van der Waals surface area contributed by atoms with Gasteiger partial charge in [0.15, 0.2) is 11.4 Å². The number of primary amides is 1. The summed E-state index contributed by atoms with van der Waals surface area (Å²) in [4.78, 5) is 37.1. The van der Waals surface area contributed by atoms with Gasteiger partial charge in [-0.1, -0.05) is 38.1 Å². The van der Waals surface area contributed by atoms with Crippen LogP contribution < -0.4 is 15.2 Å². The number of nitrogens with zero attached hydrogens (tertiary/aromatic N) is 1. The van der Waals surface area contributed by atoms with Gasteiger partial charge in [-0.25, -0.2) is 4.98 Å². The second-order valence-electron chi connectivity index (χ2n) is 6.67. The van der Waals surface area contributed by atoms with Gasteiger partial charge in [0.05, 0.1) is 7.11 Å². The molecule has 1 unspecified atom stereocenters. The summed E-state index contributed by atoms with van der Waals surface area (Å²) in [5.74, 6) is -1.20. The number of hydrogen-bond donors (Lipinski definition) is 1. The minimum atomic E-state index is -0.780. The van der Waals surface area contributed by atoms with Crippen molar-refractivity contribution >= 4 is 17.8 Å². The maximum Gasteiger partial charge on any atom is 0.311 e. The Hall–Kier alpha value is -3.42. The highest BCUT2D eigenvalue weighted by molar-refractivity contribution is 5.95. The van der Waals surface area contributed by atoms with Crippen LogP contribution in [0, 0.1) is 6.92 Å². The van der Waals surface area contributed by atoms with Gasteiger partial charge in [0.25, 0.3) is 5.91 Å². The summed E-state index contributed by atoms with van der Waals surface area (Å²) in [6, 6.07) is 9.65. The zero-order valence-corrected chi connectivity index (χ0v) is 18.6. The number of methoxy groups -OCH3 is 1. The van der Waals surface area contributed by atoms with Gasteiger partial charge in [-0.05, 0) is 25.0 Å². The molecule has 2 rings (SSSR count). The lowest BCUT2D eigenvalue weighted by molar-refractivity contribution is -0.147. The number of benzene rings is 1. The summed E-state index contributed by atoms with van der Waals surface area (Å²) in [7, 11) is 1.39. The first-order valence-corrected chi connectivity index (χ1v) is 10.0. The minimum absolute atomic E-state index is 0.0376. The molecule has 31 heavy (non-hydrogen) atoms. The van der Waals surface area contributed by atoms with Crippen molar-refractivity contribution in [3.8, 4) is 11.5 Å². The Labute approximate surface area is 182 Å². The van der Waals surface area contributed by atoms with Crippen LogP contribution in [0.25, 0.3) is 0 Å². The quantitative estimate of drug-likeness (QED) is 0.638. The third kappa shape index (κ3) is 8.46. The summed E-state index contributed by atoms with van der Waals surface area (Å²) in [5.41, 5.74) is 7.47. The van der Waals surface area contributed by atoms with Crippen LogP contribution in [0.15, 0.2) is 36.5 Å². The number of aromatic nitrogens is 1. The number of amides is 1. The minimum Gasteiger partial charge on any atom is -0.493 e. The molecule has 2 N–H and O–H groups in total. The van der Waals surface area contributed by atoms with E-state index >= 15 is 0 Å². The average Bonchev–Trinajstić information content (AvgIpc) is 2.75. The second kappa shape index (κ2) is 13.0. The molecule has 0 fully saturated rings. The van der Waals surface area contributed by atoms with Crippen LogP contribution >= 0.6 is 0 Å². The van der Waals surface area contributed by atoms with Gasteiger partial charge < -0.3 is 19.9 Å². The molecule has 0 spiro atoms. The lowest BCUT2D eigenvalue weighted by Gasteiger charge is -2.13. The fourth-order valence-electron chi connectivity index (χ4n) is 2.55. The fourth-order valence-corrected chi connectivity index (χ4v) is 2.55. The Morgan fingerprint density at radius 3 is 2.26 bits per heavy atom. The van der Waals surface area contributed by atoms with Crippen LogP contribution in [-0.4, -0.2) is 36.0 Å². The first-order valence-electron chi connectivity index (χ1n) is 10.0. The van der Waals surface area contributed by atoms with E-state index in [1.165, 1.54) is 30.5 Å². The van der Waals surface area contributed by atoms with Crippen LogP contribution in [0.3, 0.4) is 0 Å². The topological polar surface area (TPSA) is 118 Å². The molecule has 0 aliphatic heterocycles. The molecular weight excluding hydrogens is 400 g/mol. The molecule has 0 bridgehead atoms. The molecule has 0 saturated heterocycles. The van der Waals surface area contributed by atoms with E-state index in [9.17, 15) is 14.4 Å². The van der Waals surface area contributed by atoms with Crippen molar-refractivity contribution in [1.29, 1.82) is 0 Å². The smallest absolute Gasteiger partial charge is 0.311 e. The highest BCUT2D eigenvalue weighted by atomic mass is 16.6. The summed E-state index contributed by atoms with van der Waals surface area (Å²) in [5, 5.41) is 0. The summed E-state index contributed by atoms with van der Waals surface area (Å²) in [6.07, 6.45) is 2.72. The molecule has 2 aromatic rings. The molecule has 1 aromatic heterocycles. The highest BCUT2D eigenvalue weighted by Crippen LogP contribution is 2.29. The van der Waals surface area contributed by atoms with E-state index in [4.69, 9.17) is 19.9 Å². The lowest BCUT2D eigenvalue weighted by Crippen LogP contribution is -2.17. The molecule has 0 saturated carbocycles. The van der Waals surface area contributed by atoms with E-state index in [1.807, 2.05) is 26.0 Å². The predicted octanol–water partition coefficient (Wildman–Crippen LogP) is 3.38. The van der Waals surface area contributed by atoms with Crippen LogP contribution in [0.5, 0.6) is 11.5 Å². The number of carbonyl (C=O) groups is 3. The van der Waals surface area contributed by atoms with Crippen molar-refractivity contribution in [2.24, 2.45) is 5.73 Å². The molecule has 168 valence electrons. The first-order chi connectivity index (χ1) is 14.7. The Bertz CT molecular complexity index is 897. The van der Waals surface area contributed by atoms with Gasteiger partial charge in [0.1, 0.15) is 6.10 Å². The molecule has 8 nitrogen and oxygen atoms in total. The van der Waals surface area contributed by atoms with E-state index in [0.29, 0.717) is 6.42 Å². The largest absolute Gasteiger partial charge is 0.493 e. The van der Waals surface area contributed by atoms with Gasteiger partial charge in [-0.15, -0.1) is 0 Å². The predicted molar refractivity (Wildman–Crippen MR) is 116 cm³/mol. The number of carbonyl (C=O) groups excluding carboxylic acids is 3. The van der Waals surface area contributed by atoms with Crippen LogP contribution in [0.1, 0.15) is 55.2 Å². The summed E-state index contributed by atoms with van der Waals surface area (Å²) >= 11 is 0. The summed E-state index contributed by atoms with van der Waals surface area (Å²) < 4.78 is 15.1. The molecule has 0 aliphatic carbocycles. The molecule has 1 aromatic carbocycles. The fraction of sp³-hybridized carbons (Fsp3) is 0.391. The zero-order chi connectivity index (χ0) is 23.4. The second-order valence-corrected chi connectivity index (χ2v) is 6.67. The molecule has 8 heteroatoms. The van der Waals surface area contributed by atoms with Crippen LogP contribution in [0.2, 0.25) is 0 Å². The SMILES string of the molecule is CCC(=O)OC(C)Cc1ccccc1C.CCC(=O)Oc1c(OC)ccnc1C(N)=O. The van der Waals surface area contributed by atoms with Crippen LogP contribution in [0.4, 0.5) is 0 Å². The number of ether oxygens (including phenoxy) is 3. The molecular formula is C23H30N2O6. The third-order valence-electron chi connectivity index (χ3n) is 4.22. The number of rotatable bonds is 8. The van der Waals surface area contributed by atoms with Crippen molar-refractivity contribution in [2.75, 3.05) is 7.11 Å². The molecule has 1 heterocycles. The standard InChI is InChI=1S/C13H18O2.C10H12N2O4/c1-4-13(14)15-11(3)9-12-8-6-5-7-10(12)2;1-3-7(13)16-9-6(15-2)4-5-12-8(9)10(11)14/h5-8,11H,4,9H2,1-3H3;4-5H,3H2,1-2H3,(H2,11,14). The van der Waals surface area contributed by atoms with Crippen molar-refractivity contribution in [3.63, 3.8) is 0 Å². The maximum atomic E-state index is 11.2. The van der Waals surface area contributed by atoms with Crippen molar-refractivity contribution in [3.05, 3.63) is 53.3 Å². The van der Waals surface area contributed by atoms with Gasteiger partial charge in [0, 0.05) is 31.5 Å².